The number of hydrogen-bond acceptors (Lipinski definition) is 3. The molecule has 0 amide bonds. The first-order chi connectivity index (χ1) is 10.1. The van der Waals surface area contributed by atoms with Crippen molar-refractivity contribution >= 4 is 12.0 Å². The lowest BCUT2D eigenvalue weighted by atomic mass is 10.0. The van der Waals surface area contributed by atoms with Crippen molar-refractivity contribution in [3.63, 3.8) is 0 Å². The molecule has 0 N–H and O–H groups in total. The van der Waals surface area contributed by atoms with E-state index in [-0.39, 0.29) is 5.97 Å². The Morgan fingerprint density at radius 2 is 2.24 bits per heavy atom. The molecular formula is C18H20O3. The Labute approximate surface area is 125 Å². The second kappa shape index (κ2) is 6.93. The van der Waals surface area contributed by atoms with Crippen LogP contribution < -0.4 is 4.74 Å². The predicted molar refractivity (Wildman–Crippen MR) is 84.2 cm³/mol. The standard InChI is InChI=1S/C18H20O3/c1-4-20-18(19)10-14(3)5-7-15-11-16-9-13(2)6-8-17(16)21-12-15/h5-11H,4,12H2,1-3H3/b7-5+,14-10+. The number of ether oxygens (including phenoxy) is 2. The fraction of sp³-hybridized carbons (Fsp3) is 0.278. The van der Waals surface area contributed by atoms with Gasteiger partial charge in [-0.25, -0.2) is 4.79 Å². The topological polar surface area (TPSA) is 35.5 Å². The van der Waals surface area contributed by atoms with E-state index < -0.39 is 0 Å². The zero-order valence-corrected chi connectivity index (χ0v) is 12.7. The molecule has 0 unspecified atom stereocenters. The van der Waals surface area contributed by atoms with Gasteiger partial charge >= 0.3 is 5.97 Å². The first-order valence-corrected chi connectivity index (χ1v) is 7.05. The highest BCUT2D eigenvalue weighted by Crippen LogP contribution is 2.27. The molecule has 3 heteroatoms. The summed E-state index contributed by atoms with van der Waals surface area (Å²) in [6.07, 6.45) is 7.46. The number of esters is 1. The highest BCUT2D eigenvalue weighted by Gasteiger charge is 2.09. The van der Waals surface area contributed by atoms with Crippen molar-refractivity contribution in [2.45, 2.75) is 20.8 Å². The van der Waals surface area contributed by atoms with Crippen LogP contribution >= 0.6 is 0 Å². The average Bonchev–Trinajstić information content (AvgIpc) is 2.44. The van der Waals surface area contributed by atoms with E-state index in [4.69, 9.17) is 9.47 Å². The Morgan fingerprint density at radius 1 is 1.43 bits per heavy atom. The van der Waals surface area contributed by atoms with Crippen molar-refractivity contribution in [3.8, 4) is 5.75 Å². The van der Waals surface area contributed by atoms with Crippen molar-refractivity contribution < 1.29 is 14.3 Å². The lowest BCUT2D eigenvalue weighted by molar-refractivity contribution is -0.137. The molecule has 2 rings (SSSR count). The number of rotatable bonds is 4. The van der Waals surface area contributed by atoms with Gasteiger partial charge < -0.3 is 9.47 Å². The lowest BCUT2D eigenvalue weighted by Crippen LogP contribution is -2.06. The molecule has 1 aromatic rings. The molecule has 1 aromatic carbocycles. The summed E-state index contributed by atoms with van der Waals surface area (Å²) in [7, 11) is 0. The number of carbonyl (C=O) groups is 1. The normalized spacial score (nSPS) is 14.4. The van der Waals surface area contributed by atoms with Crippen molar-refractivity contribution in [1.29, 1.82) is 0 Å². The quantitative estimate of drug-likeness (QED) is 0.479. The summed E-state index contributed by atoms with van der Waals surface area (Å²) in [5.41, 5.74) is 4.22. The summed E-state index contributed by atoms with van der Waals surface area (Å²) in [6.45, 7) is 6.65. The molecule has 0 saturated heterocycles. The van der Waals surface area contributed by atoms with Crippen LogP contribution in [-0.4, -0.2) is 19.2 Å². The molecule has 0 aliphatic carbocycles. The van der Waals surface area contributed by atoms with Crippen molar-refractivity contribution in [2.75, 3.05) is 13.2 Å². The molecule has 0 spiro atoms. The van der Waals surface area contributed by atoms with E-state index in [1.165, 1.54) is 11.6 Å². The molecule has 3 nitrogen and oxygen atoms in total. The summed E-state index contributed by atoms with van der Waals surface area (Å²) >= 11 is 0. The third-order valence-electron chi connectivity index (χ3n) is 3.09. The van der Waals surface area contributed by atoms with Gasteiger partial charge in [0.2, 0.25) is 0 Å². The van der Waals surface area contributed by atoms with E-state index in [1.54, 1.807) is 6.92 Å². The molecular weight excluding hydrogens is 264 g/mol. The Morgan fingerprint density at radius 3 is 3.00 bits per heavy atom. The highest BCUT2D eigenvalue weighted by molar-refractivity contribution is 5.83. The van der Waals surface area contributed by atoms with Crippen LogP contribution in [0.15, 0.2) is 47.6 Å². The summed E-state index contributed by atoms with van der Waals surface area (Å²) < 4.78 is 10.6. The molecule has 1 heterocycles. The van der Waals surface area contributed by atoms with Crippen LogP contribution in [0.5, 0.6) is 5.75 Å². The van der Waals surface area contributed by atoms with E-state index >= 15 is 0 Å². The second-order valence-electron chi connectivity index (χ2n) is 5.02. The zero-order chi connectivity index (χ0) is 15.2. The molecule has 0 atom stereocenters. The molecule has 0 radical (unpaired) electrons. The average molecular weight is 284 g/mol. The molecule has 1 aliphatic heterocycles. The van der Waals surface area contributed by atoms with Gasteiger partial charge in [-0.1, -0.05) is 23.8 Å². The molecule has 110 valence electrons. The van der Waals surface area contributed by atoms with E-state index in [0.29, 0.717) is 13.2 Å². The minimum Gasteiger partial charge on any atom is -0.488 e. The van der Waals surface area contributed by atoms with Crippen LogP contribution in [0, 0.1) is 6.92 Å². The van der Waals surface area contributed by atoms with Gasteiger partial charge in [-0.15, -0.1) is 0 Å². The third kappa shape index (κ3) is 4.35. The minimum atomic E-state index is -0.311. The van der Waals surface area contributed by atoms with Gasteiger partial charge in [-0.05, 0) is 50.1 Å². The van der Waals surface area contributed by atoms with Gasteiger partial charge in [0.25, 0.3) is 0 Å². The van der Waals surface area contributed by atoms with E-state index in [1.807, 2.05) is 31.2 Å². The third-order valence-corrected chi connectivity index (χ3v) is 3.09. The summed E-state index contributed by atoms with van der Waals surface area (Å²) in [5.74, 6) is 0.603. The van der Waals surface area contributed by atoms with Gasteiger partial charge in [0.15, 0.2) is 0 Å². The SMILES string of the molecule is CCOC(=O)/C=C(C)/C=C/C1=Cc2cc(C)ccc2OC1. The van der Waals surface area contributed by atoms with E-state index in [9.17, 15) is 4.79 Å². The molecule has 1 aliphatic rings. The number of hydrogen-bond donors (Lipinski definition) is 0. The van der Waals surface area contributed by atoms with Gasteiger partial charge in [-0.3, -0.25) is 0 Å². The monoisotopic (exact) mass is 284 g/mol. The Balaban J connectivity index is 2.10. The number of allylic oxidation sites excluding steroid dienone is 2. The predicted octanol–water partition coefficient (Wildman–Crippen LogP) is 3.84. The summed E-state index contributed by atoms with van der Waals surface area (Å²) in [5, 5.41) is 0. The van der Waals surface area contributed by atoms with Crippen LogP contribution in [0.1, 0.15) is 25.0 Å². The molecule has 0 bridgehead atoms. The first-order valence-electron chi connectivity index (χ1n) is 7.05. The minimum absolute atomic E-state index is 0.311. The van der Waals surface area contributed by atoms with Crippen LogP contribution in [0.4, 0.5) is 0 Å². The number of benzene rings is 1. The molecule has 21 heavy (non-hydrogen) atoms. The first kappa shape index (κ1) is 15.1. The van der Waals surface area contributed by atoms with Crippen molar-refractivity contribution in [3.05, 3.63) is 58.7 Å². The smallest absolute Gasteiger partial charge is 0.330 e. The summed E-state index contributed by atoms with van der Waals surface area (Å²) in [6, 6.07) is 6.14. The number of aryl methyl sites for hydroxylation is 1. The van der Waals surface area contributed by atoms with Crippen LogP contribution in [0.3, 0.4) is 0 Å². The number of carbonyl (C=O) groups excluding carboxylic acids is 1. The Kier molecular flexibility index (Phi) is 4.99. The van der Waals surface area contributed by atoms with E-state index in [0.717, 1.165) is 22.5 Å². The number of fused-ring (bicyclic) bond motifs is 1. The Bertz CT molecular complexity index is 621. The summed E-state index contributed by atoms with van der Waals surface area (Å²) in [4.78, 5) is 11.3. The maximum absolute atomic E-state index is 11.3. The maximum Gasteiger partial charge on any atom is 0.330 e. The van der Waals surface area contributed by atoms with Gasteiger partial charge in [0.1, 0.15) is 12.4 Å². The van der Waals surface area contributed by atoms with Crippen molar-refractivity contribution in [2.24, 2.45) is 0 Å². The van der Waals surface area contributed by atoms with Crippen LogP contribution in [-0.2, 0) is 9.53 Å². The largest absolute Gasteiger partial charge is 0.488 e. The lowest BCUT2D eigenvalue weighted by Gasteiger charge is -2.16. The van der Waals surface area contributed by atoms with Crippen molar-refractivity contribution in [1.82, 2.24) is 0 Å². The Hall–Kier alpha value is -2.29. The van der Waals surface area contributed by atoms with Gasteiger partial charge in [-0.2, -0.15) is 0 Å². The fourth-order valence-electron chi connectivity index (χ4n) is 2.07. The zero-order valence-electron chi connectivity index (χ0n) is 12.7. The van der Waals surface area contributed by atoms with Crippen LogP contribution in [0.25, 0.3) is 6.08 Å². The fourth-order valence-corrected chi connectivity index (χ4v) is 2.07. The van der Waals surface area contributed by atoms with Crippen LogP contribution in [0.2, 0.25) is 0 Å². The highest BCUT2D eigenvalue weighted by atomic mass is 16.5. The van der Waals surface area contributed by atoms with Gasteiger partial charge in [0, 0.05) is 11.6 Å². The van der Waals surface area contributed by atoms with Gasteiger partial charge in [0.05, 0.1) is 6.61 Å². The maximum atomic E-state index is 11.3. The molecule has 0 fully saturated rings. The molecule has 0 aromatic heterocycles. The molecule has 0 saturated carbocycles. The second-order valence-corrected chi connectivity index (χ2v) is 5.02. The van der Waals surface area contributed by atoms with E-state index in [2.05, 4.69) is 19.1 Å².